The zero-order valence-corrected chi connectivity index (χ0v) is 18.1. The number of hydrogen-bond donors (Lipinski definition) is 0. The van der Waals surface area contributed by atoms with E-state index in [1.807, 2.05) is 57.2 Å². The molecule has 7 nitrogen and oxygen atoms in total. The summed E-state index contributed by atoms with van der Waals surface area (Å²) in [4.78, 5) is 41.2. The Bertz CT molecular complexity index is 1270. The number of nitrogens with zero attached hydrogens (tertiary/aromatic N) is 4. The molecule has 1 aliphatic heterocycles. The maximum Gasteiger partial charge on any atom is 0.352 e. The van der Waals surface area contributed by atoms with Gasteiger partial charge in [0.05, 0.1) is 12.2 Å². The van der Waals surface area contributed by atoms with Crippen molar-refractivity contribution in [3.8, 4) is 5.69 Å². The Labute approximate surface area is 180 Å². The maximum atomic E-state index is 13.3. The zero-order valence-electron chi connectivity index (χ0n) is 18.1. The monoisotopic (exact) mass is 418 g/mol. The van der Waals surface area contributed by atoms with Gasteiger partial charge in [-0.15, -0.1) is 0 Å². The molecule has 1 amide bonds. The molecule has 4 rings (SSSR count). The highest BCUT2D eigenvalue weighted by atomic mass is 16.2. The van der Waals surface area contributed by atoms with Crippen LogP contribution in [0.15, 0.2) is 52.1 Å². The number of benzene rings is 2. The molecule has 0 atom stereocenters. The number of hydrogen-bond acceptors (Lipinski definition) is 4. The van der Waals surface area contributed by atoms with E-state index in [4.69, 9.17) is 0 Å². The van der Waals surface area contributed by atoms with Gasteiger partial charge in [0.1, 0.15) is 0 Å². The Morgan fingerprint density at radius 2 is 1.71 bits per heavy atom. The van der Waals surface area contributed by atoms with Crippen LogP contribution in [0.5, 0.6) is 0 Å². The van der Waals surface area contributed by atoms with E-state index in [2.05, 4.69) is 5.10 Å². The molecule has 7 heteroatoms. The van der Waals surface area contributed by atoms with Crippen molar-refractivity contribution in [3.63, 3.8) is 0 Å². The lowest BCUT2D eigenvalue weighted by Crippen LogP contribution is -2.46. The first kappa shape index (κ1) is 20.8. The fourth-order valence-electron chi connectivity index (χ4n) is 3.88. The summed E-state index contributed by atoms with van der Waals surface area (Å²) >= 11 is 0. The number of carbonyl (C=O) groups excluding carboxylic acids is 1. The summed E-state index contributed by atoms with van der Waals surface area (Å²) in [7, 11) is 0. The lowest BCUT2D eigenvalue weighted by molar-refractivity contribution is 0.0781. The highest BCUT2D eigenvalue weighted by Gasteiger charge is 2.26. The largest absolute Gasteiger partial charge is 0.352 e. The average Bonchev–Trinajstić information content (AvgIpc) is 3.28. The number of rotatable bonds is 4. The van der Waals surface area contributed by atoms with E-state index in [1.54, 1.807) is 11.0 Å². The van der Waals surface area contributed by atoms with Gasteiger partial charge in [0, 0.05) is 13.1 Å². The van der Waals surface area contributed by atoms with Gasteiger partial charge >= 0.3 is 5.69 Å². The summed E-state index contributed by atoms with van der Waals surface area (Å²) in [6, 6.07) is 13.1. The molecule has 2 aromatic carbocycles. The van der Waals surface area contributed by atoms with E-state index >= 15 is 0 Å². The van der Waals surface area contributed by atoms with Crippen molar-refractivity contribution in [1.29, 1.82) is 0 Å². The molecule has 3 aromatic rings. The second kappa shape index (κ2) is 8.34. The first-order valence-corrected chi connectivity index (χ1v) is 10.5. The van der Waals surface area contributed by atoms with Gasteiger partial charge in [-0.3, -0.25) is 14.2 Å². The van der Waals surface area contributed by atoms with Crippen LogP contribution < -0.4 is 11.2 Å². The Hall–Kier alpha value is -3.48. The summed E-state index contributed by atoms with van der Waals surface area (Å²) < 4.78 is 2.28. The van der Waals surface area contributed by atoms with Crippen molar-refractivity contribution in [3.05, 3.63) is 91.3 Å². The highest BCUT2D eigenvalue weighted by Crippen LogP contribution is 2.13. The van der Waals surface area contributed by atoms with Gasteiger partial charge in [-0.25, -0.2) is 4.79 Å². The molecular formula is C24H26N4O3. The van der Waals surface area contributed by atoms with Crippen molar-refractivity contribution < 1.29 is 4.79 Å². The molecule has 0 spiro atoms. The fourth-order valence-corrected chi connectivity index (χ4v) is 3.88. The average molecular weight is 418 g/mol. The van der Waals surface area contributed by atoms with Crippen molar-refractivity contribution in [2.45, 2.75) is 40.2 Å². The SMILES string of the molecule is Cc1cccc(Cn2c(=O)c(C(=O)N3CCCC3)nn(-c3ccc(C)c(C)c3)c2=O)c1. The quantitative estimate of drug-likeness (QED) is 0.653. The Balaban J connectivity index is 1.90. The summed E-state index contributed by atoms with van der Waals surface area (Å²) in [6.45, 7) is 7.15. The molecule has 1 aliphatic rings. The zero-order chi connectivity index (χ0) is 22.1. The lowest BCUT2D eigenvalue weighted by Gasteiger charge is -2.17. The van der Waals surface area contributed by atoms with Gasteiger partial charge < -0.3 is 4.90 Å². The van der Waals surface area contributed by atoms with Crippen LogP contribution in [-0.2, 0) is 6.54 Å². The maximum absolute atomic E-state index is 13.3. The van der Waals surface area contributed by atoms with Crippen LogP contribution in [0.25, 0.3) is 5.69 Å². The van der Waals surface area contributed by atoms with Crippen molar-refractivity contribution >= 4 is 5.91 Å². The second-order valence-electron chi connectivity index (χ2n) is 8.19. The highest BCUT2D eigenvalue weighted by molar-refractivity contribution is 5.92. The van der Waals surface area contributed by atoms with Crippen molar-refractivity contribution in [1.82, 2.24) is 19.2 Å². The molecular weight excluding hydrogens is 392 g/mol. The summed E-state index contributed by atoms with van der Waals surface area (Å²) in [6.07, 6.45) is 1.81. The van der Waals surface area contributed by atoms with Gasteiger partial charge in [-0.2, -0.15) is 9.78 Å². The minimum Gasteiger partial charge on any atom is -0.337 e. The third-order valence-corrected chi connectivity index (χ3v) is 5.81. The van der Waals surface area contributed by atoms with Crippen LogP contribution in [0.3, 0.4) is 0 Å². The molecule has 31 heavy (non-hydrogen) atoms. The normalized spacial score (nSPS) is 13.6. The van der Waals surface area contributed by atoms with E-state index in [0.717, 1.165) is 39.7 Å². The standard InChI is InChI=1S/C24H26N4O3/c1-16-7-6-8-19(13-16)15-27-23(30)21(22(29)26-11-4-5-12-26)25-28(24(27)31)20-10-9-17(2)18(3)14-20/h6-10,13-14H,4-5,11-12,15H2,1-3H3. The van der Waals surface area contributed by atoms with Gasteiger partial charge in [0.15, 0.2) is 0 Å². The second-order valence-corrected chi connectivity index (χ2v) is 8.19. The van der Waals surface area contributed by atoms with E-state index in [0.29, 0.717) is 18.8 Å². The molecule has 0 bridgehead atoms. The Kier molecular flexibility index (Phi) is 5.59. The topological polar surface area (TPSA) is 77.2 Å². The third-order valence-electron chi connectivity index (χ3n) is 5.81. The minimum absolute atomic E-state index is 0.0764. The number of aromatic nitrogens is 3. The summed E-state index contributed by atoms with van der Waals surface area (Å²) in [5.41, 5.74) is 3.03. The van der Waals surface area contributed by atoms with E-state index in [9.17, 15) is 14.4 Å². The van der Waals surface area contributed by atoms with Gasteiger partial charge in [0.2, 0.25) is 5.69 Å². The third kappa shape index (κ3) is 4.08. The van der Waals surface area contributed by atoms with Crippen LogP contribution in [0, 0.1) is 20.8 Å². The minimum atomic E-state index is -0.650. The van der Waals surface area contributed by atoms with E-state index in [-0.39, 0.29) is 12.2 Å². The summed E-state index contributed by atoms with van der Waals surface area (Å²) in [5, 5.41) is 4.26. The first-order valence-electron chi connectivity index (χ1n) is 10.5. The van der Waals surface area contributed by atoms with Crippen LogP contribution in [-0.4, -0.2) is 38.2 Å². The lowest BCUT2D eigenvalue weighted by atomic mass is 10.1. The van der Waals surface area contributed by atoms with Crippen LogP contribution in [0.2, 0.25) is 0 Å². The molecule has 0 unspecified atom stereocenters. The Morgan fingerprint density at radius 3 is 2.39 bits per heavy atom. The van der Waals surface area contributed by atoms with Gasteiger partial charge in [-0.1, -0.05) is 35.9 Å². The van der Waals surface area contributed by atoms with Crippen molar-refractivity contribution in [2.24, 2.45) is 0 Å². The van der Waals surface area contributed by atoms with Crippen LogP contribution in [0.4, 0.5) is 0 Å². The van der Waals surface area contributed by atoms with Gasteiger partial charge in [0.25, 0.3) is 11.5 Å². The molecule has 2 heterocycles. The number of carbonyl (C=O) groups is 1. The van der Waals surface area contributed by atoms with Crippen LogP contribution >= 0.6 is 0 Å². The number of aryl methyl sites for hydroxylation is 3. The molecule has 0 saturated carbocycles. The fraction of sp³-hybridized carbons (Fsp3) is 0.333. The number of amides is 1. The van der Waals surface area contributed by atoms with E-state index < -0.39 is 17.2 Å². The van der Waals surface area contributed by atoms with Crippen molar-refractivity contribution in [2.75, 3.05) is 13.1 Å². The molecule has 0 aliphatic carbocycles. The molecule has 1 fully saturated rings. The predicted octanol–water partition coefficient (Wildman–Crippen LogP) is 2.60. The molecule has 0 N–H and O–H groups in total. The predicted molar refractivity (Wildman–Crippen MR) is 119 cm³/mol. The smallest absolute Gasteiger partial charge is 0.337 e. The molecule has 160 valence electrons. The van der Waals surface area contributed by atoms with Crippen LogP contribution in [0.1, 0.15) is 45.6 Å². The number of likely N-dealkylation sites (tertiary alicyclic amines) is 1. The molecule has 1 saturated heterocycles. The van der Waals surface area contributed by atoms with E-state index in [1.165, 1.54) is 4.68 Å². The first-order chi connectivity index (χ1) is 14.8. The summed E-state index contributed by atoms with van der Waals surface area (Å²) in [5.74, 6) is -0.418. The molecule has 1 aromatic heterocycles. The molecule has 0 radical (unpaired) electrons. The van der Waals surface area contributed by atoms with Gasteiger partial charge in [-0.05, 0) is 62.4 Å². The Morgan fingerprint density at radius 1 is 0.968 bits per heavy atom.